The molecule has 0 unspecified atom stereocenters. The van der Waals surface area contributed by atoms with E-state index in [-0.39, 0.29) is 0 Å². The van der Waals surface area contributed by atoms with Crippen molar-refractivity contribution in [1.29, 1.82) is 0 Å². The molecule has 0 saturated heterocycles. The number of nitrogens with two attached hydrogens (primary N) is 1. The van der Waals surface area contributed by atoms with Crippen LogP contribution in [0, 0.1) is 0 Å². The van der Waals surface area contributed by atoms with Gasteiger partial charge in [-0.3, -0.25) is 0 Å². The Kier molecular flexibility index (Phi) is 2.55. The van der Waals surface area contributed by atoms with Gasteiger partial charge in [0, 0.05) is 6.54 Å². The lowest BCUT2D eigenvalue weighted by molar-refractivity contribution is 0.315. The van der Waals surface area contributed by atoms with E-state index in [1.165, 1.54) is 0 Å². The van der Waals surface area contributed by atoms with Crippen LogP contribution in [0.4, 0.5) is 0 Å². The Bertz CT molecular complexity index is 430. The minimum atomic E-state index is 0.465. The molecule has 2 aromatic rings. The number of rotatable bonds is 3. The summed E-state index contributed by atoms with van der Waals surface area (Å²) >= 11 is 0. The second-order valence-electron chi connectivity index (χ2n) is 2.83. The lowest BCUT2D eigenvalue weighted by atomic mass is 10.3. The van der Waals surface area contributed by atoms with Crippen LogP contribution in [-0.2, 0) is 0 Å². The van der Waals surface area contributed by atoms with E-state index < -0.39 is 0 Å². The topological polar surface area (TPSA) is 61.0 Å². The summed E-state index contributed by atoms with van der Waals surface area (Å²) in [5.41, 5.74) is 7.02. The minimum absolute atomic E-state index is 0.465. The summed E-state index contributed by atoms with van der Waals surface area (Å²) in [6, 6.07) is 7.66. The van der Waals surface area contributed by atoms with Gasteiger partial charge < -0.3 is 10.5 Å². The summed E-state index contributed by atoms with van der Waals surface area (Å²) in [7, 11) is 0. The third-order valence-corrected chi connectivity index (χ3v) is 1.79. The number of para-hydroxylation sites is 2. The smallest absolute Gasteiger partial charge is 0.232 e. The molecule has 0 aliphatic heterocycles. The zero-order valence-electron chi connectivity index (χ0n) is 7.68. The van der Waals surface area contributed by atoms with Crippen LogP contribution in [0.1, 0.15) is 0 Å². The van der Waals surface area contributed by atoms with Gasteiger partial charge in [0.05, 0.1) is 17.2 Å². The number of ether oxygens (including phenoxy) is 1. The highest BCUT2D eigenvalue weighted by atomic mass is 16.5. The first-order valence-corrected chi connectivity index (χ1v) is 4.45. The molecular weight excluding hydrogens is 178 g/mol. The fourth-order valence-electron chi connectivity index (χ4n) is 1.17. The van der Waals surface area contributed by atoms with E-state index in [1.807, 2.05) is 24.3 Å². The number of hydrogen-bond donors (Lipinski definition) is 1. The molecular formula is C10H11N3O. The van der Waals surface area contributed by atoms with Crippen molar-refractivity contribution in [3.8, 4) is 5.88 Å². The molecule has 0 atom stereocenters. The largest absolute Gasteiger partial charge is 0.475 e. The lowest BCUT2D eigenvalue weighted by Gasteiger charge is -2.03. The van der Waals surface area contributed by atoms with E-state index in [1.54, 1.807) is 6.20 Å². The van der Waals surface area contributed by atoms with Crippen LogP contribution in [0.5, 0.6) is 5.88 Å². The molecule has 14 heavy (non-hydrogen) atoms. The molecule has 0 spiro atoms. The van der Waals surface area contributed by atoms with Gasteiger partial charge in [0.2, 0.25) is 5.88 Å². The first kappa shape index (κ1) is 8.90. The normalized spacial score (nSPS) is 10.4. The number of benzene rings is 1. The van der Waals surface area contributed by atoms with Gasteiger partial charge in [0.25, 0.3) is 0 Å². The summed E-state index contributed by atoms with van der Waals surface area (Å²) in [4.78, 5) is 8.48. The molecule has 1 aromatic heterocycles. The monoisotopic (exact) mass is 189 g/mol. The van der Waals surface area contributed by atoms with Gasteiger partial charge in [-0.2, -0.15) is 0 Å². The predicted octanol–water partition coefficient (Wildman–Crippen LogP) is 0.967. The predicted molar refractivity (Wildman–Crippen MR) is 54.1 cm³/mol. The first-order valence-electron chi connectivity index (χ1n) is 4.45. The van der Waals surface area contributed by atoms with Gasteiger partial charge in [0.15, 0.2) is 0 Å². The maximum atomic E-state index is 5.32. The molecule has 0 amide bonds. The number of aromatic nitrogens is 2. The summed E-state index contributed by atoms with van der Waals surface area (Å²) < 4.78 is 5.26. The molecule has 2 N–H and O–H groups in total. The molecule has 0 radical (unpaired) electrons. The van der Waals surface area contributed by atoms with Crippen LogP contribution in [0.25, 0.3) is 11.0 Å². The van der Waals surface area contributed by atoms with Gasteiger partial charge in [-0.05, 0) is 12.1 Å². The molecule has 2 rings (SSSR count). The van der Waals surface area contributed by atoms with Crippen LogP contribution < -0.4 is 10.5 Å². The minimum Gasteiger partial charge on any atom is -0.475 e. The average Bonchev–Trinajstić information content (AvgIpc) is 2.26. The van der Waals surface area contributed by atoms with Crippen LogP contribution in [0.2, 0.25) is 0 Å². The van der Waals surface area contributed by atoms with Gasteiger partial charge in [-0.25, -0.2) is 9.97 Å². The first-order chi connectivity index (χ1) is 6.90. The van der Waals surface area contributed by atoms with Crippen molar-refractivity contribution < 1.29 is 4.74 Å². The number of fused-ring (bicyclic) bond motifs is 1. The van der Waals surface area contributed by atoms with Crippen molar-refractivity contribution in [1.82, 2.24) is 9.97 Å². The molecule has 0 fully saturated rings. The van der Waals surface area contributed by atoms with E-state index in [0.29, 0.717) is 19.0 Å². The highest BCUT2D eigenvalue weighted by molar-refractivity contribution is 5.73. The molecule has 72 valence electrons. The fraction of sp³-hybridized carbons (Fsp3) is 0.200. The number of hydrogen-bond acceptors (Lipinski definition) is 4. The van der Waals surface area contributed by atoms with Gasteiger partial charge >= 0.3 is 0 Å². The maximum absolute atomic E-state index is 5.32. The van der Waals surface area contributed by atoms with Gasteiger partial charge in [-0.15, -0.1) is 0 Å². The lowest BCUT2D eigenvalue weighted by Crippen LogP contribution is -2.11. The molecule has 4 heteroatoms. The molecule has 0 aliphatic rings. The van der Waals surface area contributed by atoms with E-state index in [0.717, 1.165) is 11.0 Å². The third kappa shape index (κ3) is 1.80. The average molecular weight is 189 g/mol. The molecule has 1 aromatic carbocycles. The van der Waals surface area contributed by atoms with Crippen LogP contribution in [0.15, 0.2) is 30.5 Å². The Morgan fingerprint density at radius 3 is 2.79 bits per heavy atom. The van der Waals surface area contributed by atoms with Crippen molar-refractivity contribution in [2.45, 2.75) is 0 Å². The Labute approximate surface area is 81.7 Å². The zero-order chi connectivity index (χ0) is 9.80. The van der Waals surface area contributed by atoms with Crippen molar-refractivity contribution in [3.05, 3.63) is 30.5 Å². The second-order valence-corrected chi connectivity index (χ2v) is 2.83. The number of nitrogens with zero attached hydrogens (tertiary/aromatic N) is 2. The van der Waals surface area contributed by atoms with Crippen molar-refractivity contribution in [3.63, 3.8) is 0 Å². The van der Waals surface area contributed by atoms with E-state index in [4.69, 9.17) is 10.5 Å². The Hall–Kier alpha value is -1.68. The van der Waals surface area contributed by atoms with Crippen molar-refractivity contribution in [2.24, 2.45) is 5.73 Å². The van der Waals surface area contributed by atoms with Gasteiger partial charge in [-0.1, -0.05) is 12.1 Å². The van der Waals surface area contributed by atoms with Crippen LogP contribution in [-0.4, -0.2) is 23.1 Å². The standard InChI is InChI=1S/C10H11N3O/c11-5-6-14-10-7-12-8-3-1-2-4-9(8)13-10/h1-4,7H,5-6,11H2. The van der Waals surface area contributed by atoms with Crippen molar-refractivity contribution in [2.75, 3.05) is 13.2 Å². The Balaban J connectivity index is 2.32. The van der Waals surface area contributed by atoms with E-state index in [2.05, 4.69) is 9.97 Å². The second kappa shape index (κ2) is 4.02. The molecule has 1 heterocycles. The molecule has 0 bridgehead atoms. The quantitative estimate of drug-likeness (QED) is 0.781. The summed E-state index contributed by atoms with van der Waals surface area (Å²) in [5, 5.41) is 0. The molecule has 4 nitrogen and oxygen atoms in total. The summed E-state index contributed by atoms with van der Waals surface area (Å²) in [6.45, 7) is 0.946. The Morgan fingerprint density at radius 2 is 2.00 bits per heavy atom. The van der Waals surface area contributed by atoms with E-state index >= 15 is 0 Å². The third-order valence-electron chi connectivity index (χ3n) is 1.79. The highest BCUT2D eigenvalue weighted by Crippen LogP contribution is 2.12. The van der Waals surface area contributed by atoms with Crippen molar-refractivity contribution >= 4 is 11.0 Å². The molecule has 0 aliphatic carbocycles. The SMILES string of the molecule is NCCOc1cnc2ccccc2n1. The van der Waals surface area contributed by atoms with Crippen LogP contribution in [0.3, 0.4) is 0 Å². The maximum Gasteiger partial charge on any atom is 0.232 e. The Morgan fingerprint density at radius 1 is 1.21 bits per heavy atom. The van der Waals surface area contributed by atoms with Crippen LogP contribution >= 0.6 is 0 Å². The highest BCUT2D eigenvalue weighted by Gasteiger charge is 1.98. The fourth-order valence-corrected chi connectivity index (χ4v) is 1.17. The summed E-state index contributed by atoms with van der Waals surface area (Å²) in [6.07, 6.45) is 1.61. The van der Waals surface area contributed by atoms with Gasteiger partial charge in [0.1, 0.15) is 6.61 Å². The zero-order valence-corrected chi connectivity index (χ0v) is 7.68. The van der Waals surface area contributed by atoms with E-state index in [9.17, 15) is 0 Å². The molecule has 0 saturated carbocycles. The summed E-state index contributed by atoms with van der Waals surface area (Å²) in [5.74, 6) is 0.522.